The standard InChI is InChI=1S/C12H24N2O/c1-3-13-9-12(15)14-10(2)11-7-5-4-6-8-11/h10-11,13H,3-9H2,1-2H3,(H,14,15)/t10-/m0/s1. The molecular weight excluding hydrogens is 188 g/mol. The van der Waals surface area contributed by atoms with Gasteiger partial charge in [-0.05, 0) is 32.2 Å². The van der Waals surface area contributed by atoms with Crippen molar-refractivity contribution in [3.8, 4) is 0 Å². The topological polar surface area (TPSA) is 41.1 Å². The number of nitrogens with one attached hydrogen (secondary N) is 2. The van der Waals surface area contributed by atoms with Crippen molar-refractivity contribution in [2.24, 2.45) is 5.92 Å². The number of carbonyl (C=O) groups excluding carboxylic acids is 1. The van der Waals surface area contributed by atoms with E-state index < -0.39 is 0 Å². The summed E-state index contributed by atoms with van der Waals surface area (Å²) < 4.78 is 0. The number of rotatable bonds is 5. The maximum atomic E-state index is 11.5. The van der Waals surface area contributed by atoms with Gasteiger partial charge in [0.25, 0.3) is 0 Å². The molecule has 0 heterocycles. The Morgan fingerprint density at radius 1 is 1.33 bits per heavy atom. The first-order valence-electron chi connectivity index (χ1n) is 6.24. The van der Waals surface area contributed by atoms with Crippen molar-refractivity contribution < 1.29 is 4.79 Å². The van der Waals surface area contributed by atoms with Crippen LogP contribution in [0.3, 0.4) is 0 Å². The van der Waals surface area contributed by atoms with Crippen molar-refractivity contribution in [1.29, 1.82) is 0 Å². The Hall–Kier alpha value is -0.570. The lowest BCUT2D eigenvalue weighted by Crippen LogP contribution is -2.43. The van der Waals surface area contributed by atoms with Crippen LogP contribution in [0.4, 0.5) is 0 Å². The zero-order valence-electron chi connectivity index (χ0n) is 10.0. The summed E-state index contributed by atoms with van der Waals surface area (Å²) in [5, 5.41) is 6.13. The van der Waals surface area contributed by atoms with Crippen molar-refractivity contribution in [2.75, 3.05) is 13.1 Å². The molecule has 0 radical (unpaired) electrons. The third-order valence-corrected chi connectivity index (χ3v) is 3.28. The van der Waals surface area contributed by atoms with Gasteiger partial charge in [0.1, 0.15) is 0 Å². The van der Waals surface area contributed by atoms with Crippen LogP contribution in [0.5, 0.6) is 0 Å². The second-order valence-electron chi connectivity index (χ2n) is 4.53. The molecule has 0 aliphatic heterocycles. The third kappa shape index (κ3) is 4.65. The van der Waals surface area contributed by atoms with E-state index in [9.17, 15) is 4.79 Å². The molecule has 15 heavy (non-hydrogen) atoms. The lowest BCUT2D eigenvalue weighted by atomic mass is 9.84. The molecule has 1 amide bonds. The van der Waals surface area contributed by atoms with Gasteiger partial charge in [0.2, 0.25) is 5.91 Å². The molecule has 0 saturated heterocycles. The van der Waals surface area contributed by atoms with Crippen LogP contribution in [0.2, 0.25) is 0 Å². The van der Waals surface area contributed by atoms with Crippen molar-refractivity contribution in [2.45, 2.75) is 52.0 Å². The average molecular weight is 212 g/mol. The predicted molar refractivity (Wildman–Crippen MR) is 62.7 cm³/mol. The number of hydrogen-bond acceptors (Lipinski definition) is 2. The quantitative estimate of drug-likeness (QED) is 0.728. The maximum Gasteiger partial charge on any atom is 0.234 e. The van der Waals surface area contributed by atoms with E-state index >= 15 is 0 Å². The maximum absolute atomic E-state index is 11.5. The van der Waals surface area contributed by atoms with E-state index in [0.29, 0.717) is 18.5 Å². The van der Waals surface area contributed by atoms with E-state index in [4.69, 9.17) is 0 Å². The molecular formula is C12H24N2O. The minimum absolute atomic E-state index is 0.134. The molecule has 1 fully saturated rings. The van der Waals surface area contributed by atoms with Crippen LogP contribution < -0.4 is 10.6 Å². The fourth-order valence-corrected chi connectivity index (χ4v) is 2.30. The van der Waals surface area contributed by atoms with Crippen molar-refractivity contribution in [3.05, 3.63) is 0 Å². The molecule has 0 bridgehead atoms. The second-order valence-corrected chi connectivity index (χ2v) is 4.53. The SMILES string of the molecule is CCNCC(=O)N[C@@H](C)C1CCCCC1. The van der Waals surface area contributed by atoms with Crippen LogP contribution in [-0.4, -0.2) is 25.0 Å². The van der Waals surface area contributed by atoms with Crippen LogP contribution in [0.15, 0.2) is 0 Å². The predicted octanol–water partition coefficient (Wildman–Crippen LogP) is 1.68. The van der Waals surface area contributed by atoms with Crippen LogP contribution in [0.25, 0.3) is 0 Å². The smallest absolute Gasteiger partial charge is 0.234 e. The van der Waals surface area contributed by atoms with Gasteiger partial charge in [0, 0.05) is 6.04 Å². The Bertz CT molecular complexity index is 188. The van der Waals surface area contributed by atoms with Gasteiger partial charge < -0.3 is 10.6 Å². The molecule has 0 aromatic rings. The summed E-state index contributed by atoms with van der Waals surface area (Å²) in [6, 6.07) is 0.344. The lowest BCUT2D eigenvalue weighted by Gasteiger charge is -2.28. The van der Waals surface area contributed by atoms with Crippen LogP contribution in [0, 0.1) is 5.92 Å². The van der Waals surface area contributed by atoms with Gasteiger partial charge in [-0.1, -0.05) is 26.2 Å². The molecule has 1 rings (SSSR count). The van der Waals surface area contributed by atoms with Gasteiger partial charge in [-0.2, -0.15) is 0 Å². The van der Waals surface area contributed by atoms with Gasteiger partial charge in [-0.25, -0.2) is 0 Å². The molecule has 0 aromatic carbocycles. The van der Waals surface area contributed by atoms with Crippen LogP contribution in [0.1, 0.15) is 46.0 Å². The summed E-state index contributed by atoms with van der Waals surface area (Å²) in [6.07, 6.45) is 6.59. The van der Waals surface area contributed by atoms with E-state index in [0.717, 1.165) is 6.54 Å². The normalized spacial score (nSPS) is 19.9. The largest absolute Gasteiger partial charge is 0.352 e. The second kappa shape index (κ2) is 6.83. The van der Waals surface area contributed by atoms with Crippen molar-refractivity contribution in [3.63, 3.8) is 0 Å². The third-order valence-electron chi connectivity index (χ3n) is 3.28. The number of carbonyl (C=O) groups is 1. The number of hydrogen-bond donors (Lipinski definition) is 2. The fraction of sp³-hybridized carbons (Fsp3) is 0.917. The van der Waals surface area contributed by atoms with Crippen molar-refractivity contribution in [1.82, 2.24) is 10.6 Å². The summed E-state index contributed by atoms with van der Waals surface area (Å²) in [4.78, 5) is 11.5. The zero-order valence-corrected chi connectivity index (χ0v) is 10.0. The van der Waals surface area contributed by atoms with E-state index in [1.54, 1.807) is 0 Å². The summed E-state index contributed by atoms with van der Waals surface area (Å²) >= 11 is 0. The number of amides is 1. The highest BCUT2D eigenvalue weighted by Crippen LogP contribution is 2.26. The first-order chi connectivity index (χ1) is 7.24. The Morgan fingerprint density at radius 3 is 2.60 bits per heavy atom. The highest BCUT2D eigenvalue weighted by molar-refractivity contribution is 5.78. The van der Waals surface area contributed by atoms with E-state index in [2.05, 4.69) is 17.6 Å². The average Bonchev–Trinajstić information content (AvgIpc) is 2.27. The molecule has 3 nitrogen and oxygen atoms in total. The Labute approximate surface area is 93.0 Å². The van der Waals surface area contributed by atoms with Crippen molar-refractivity contribution >= 4 is 5.91 Å². The molecule has 88 valence electrons. The minimum atomic E-state index is 0.134. The van der Waals surface area contributed by atoms with E-state index in [1.165, 1.54) is 32.1 Å². The summed E-state index contributed by atoms with van der Waals surface area (Å²) in [5.41, 5.74) is 0. The first kappa shape index (κ1) is 12.5. The molecule has 1 aliphatic rings. The molecule has 1 atom stereocenters. The Morgan fingerprint density at radius 2 is 2.00 bits per heavy atom. The number of likely N-dealkylation sites (N-methyl/N-ethyl adjacent to an activating group) is 1. The Kier molecular flexibility index (Phi) is 5.69. The fourth-order valence-electron chi connectivity index (χ4n) is 2.30. The molecule has 0 spiro atoms. The summed E-state index contributed by atoms with van der Waals surface area (Å²) in [7, 11) is 0. The van der Waals surface area contributed by atoms with Gasteiger partial charge in [0.05, 0.1) is 6.54 Å². The van der Waals surface area contributed by atoms with Crippen LogP contribution >= 0.6 is 0 Å². The Balaban J connectivity index is 2.21. The highest BCUT2D eigenvalue weighted by atomic mass is 16.1. The molecule has 3 heteroatoms. The van der Waals surface area contributed by atoms with Crippen LogP contribution in [-0.2, 0) is 4.79 Å². The highest BCUT2D eigenvalue weighted by Gasteiger charge is 2.20. The van der Waals surface area contributed by atoms with E-state index in [-0.39, 0.29) is 5.91 Å². The van der Waals surface area contributed by atoms with Gasteiger partial charge in [0.15, 0.2) is 0 Å². The molecule has 1 aliphatic carbocycles. The molecule has 1 saturated carbocycles. The minimum Gasteiger partial charge on any atom is -0.352 e. The first-order valence-corrected chi connectivity index (χ1v) is 6.24. The lowest BCUT2D eigenvalue weighted by molar-refractivity contribution is -0.121. The zero-order chi connectivity index (χ0) is 11.1. The summed E-state index contributed by atoms with van der Waals surface area (Å²) in [6.45, 7) is 5.45. The molecule has 2 N–H and O–H groups in total. The van der Waals surface area contributed by atoms with Gasteiger partial charge in [-0.15, -0.1) is 0 Å². The van der Waals surface area contributed by atoms with Gasteiger partial charge in [-0.3, -0.25) is 4.79 Å². The monoisotopic (exact) mass is 212 g/mol. The summed E-state index contributed by atoms with van der Waals surface area (Å²) in [5.74, 6) is 0.833. The molecule has 0 unspecified atom stereocenters. The molecule has 0 aromatic heterocycles. The van der Waals surface area contributed by atoms with Gasteiger partial charge >= 0.3 is 0 Å². The van der Waals surface area contributed by atoms with E-state index in [1.807, 2.05) is 6.92 Å².